The Kier molecular flexibility index (Phi) is 19.9. The number of hydrogen-bond acceptors (Lipinski definition) is 2. The number of nitrogens with zero attached hydrogens (tertiary/aromatic N) is 1. The number of aliphatic hydroxyl groups is 1. The number of carbonyl (C=O) groups is 1. The molecule has 4 nitrogen and oxygen atoms in total. The van der Waals surface area contributed by atoms with Gasteiger partial charge in [0.1, 0.15) is 12.6 Å². The molecule has 0 aliphatic carbocycles. The van der Waals surface area contributed by atoms with E-state index in [4.69, 9.17) is 5.11 Å². The molecular formula is C26H54NO3+. The van der Waals surface area contributed by atoms with Crippen molar-refractivity contribution in [3.05, 3.63) is 0 Å². The molecule has 0 rings (SSSR count). The van der Waals surface area contributed by atoms with E-state index >= 15 is 0 Å². The van der Waals surface area contributed by atoms with Crippen molar-refractivity contribution in [3.63, 3.8) is 0 Å². The number of carboxylic acid groups (broad SMARTS) is 1. The van der Waals surface area contributed by atoms with Crippen molar-refractivity contribution in [1.29, 1.82) is 0 Å². The van der Waals surface area contributed by atoms with Gasteiger partial charge in [0.05, 0.1) is 20.6 Å². The number of aliphatic hydroxyl groups excluding tert-OH is 1. The first-order valence-electron chi connectivity index (χ1n) is 13.1. The van der Waals surface area contributed by atoms with Gasteiger partial charge in [0.15, 0.2) is 0 Å². The van der Waals surface area contributed by atoms with Crippen molar-refractivity contribution in [1.82, 2.24) is 0 Å². The molecule has 0 bridgehead atoms. The normalized spacial score (nSPS) is 12.9. The summed E-state index contributed by atoms with van der Waals surface area (Å²) in [4.78, 5) is 10.5. The Morgan fingerprint density at radius 1 is 0.700 bits per heavy atom. The summed E-state index contributed by atoms with van der Waals surface area (Å²) < 4.78 is 0.883. The summed E-state index contributed by atoms with van der Waals surface area (Å²) in [5.41, 5.74) is 0. The van der Waals surface area contributed by atoms with Crippen molar-refractivity contribution >= 4 is 5.97 Å². The van der Waals surface area contributed by atoms with Crippen LogP contribution in [0.15, 0.2) is 0 Å². The Labute approximate surface area is 188 Å². The highest BCUT2D eigenvalue weighted by molar-refractivity contribution is 5.66. The second kappa shape index (κ2) is 20.3. The van der Waals surface area contributed by atoms with Gasteiger partial charge in [-0.3, -0.25) is 4.79 Å². The fourth-order valence-electron chi connectivity index (χ4n) is 4.32. The Bertz CT molecular complexity index is 384. The maximum atomic E-state index is 10.5. The van der Waals surface area contributed by atoms with Crippen molar-refractivity contribution < 1.29 is 19.5 Å². The quantitative estimate of drug-likeness (QED) is 0.137. The summed E-state index contributed by atoms with van der Waals surface area (Å²) in [6.07, 6.45) is 22.6. The molecule has 4 heteroatoms. The van der Waals surface area contributed by atoms with Gasteiger partial charge in [-0.15, -0.1) is 0 Å². The molecule has 0 heterocycles. The molecule has 180 valence electrons. The average Bonchev–Trinajstić information content (AvgIpc) is 2.67. The van der Waals surface area contributed by atoms with Gasteiger partial charge in [0.25, 0.3) is 0 Å². The molecular weight excluding hydrogens is 374 g/mol. The van der Waals surface area contributed by atoms with E-state index in [-0.39, 0.29) is 6.10 Å². The Balaban J connectivity index is 3.48. The smallest absolute Gasteiger partial charge is 0.303 e. The van der Waals surface area contributed by atoms with Crippen LogP contribution in [-0.4, -0.2) is 54.0 Å². The SMILES string of the molecule is CCCCCCCCCCCCCCC(O)C[N+](C)(C)CCCCCCCC(=O)O. The third-order valence-corrected chi connectivity index (χ3v) is 6.25. The van der Waals surface area contributed by atoms with Crippen LogP contribution in [-0.2, 0) is 4.79 Å². The molecule has 2 N–H and O–H groups in total. The predicted octanol–water partition coefficient (Wildman–Crippen LogP) is 6.94. The third kappa shape index (κ3) is 22.1. The number of rotatable bonds is 23. The van der Waals surface area contributed by atoms with Gasteiger partial charge in [-0.05, 0) is 25.7 Å². The fourth-order valence-corrected chi connectivity index (χ4v) is 4.32. The summed E-state index contributed by atoms with van der Waals surface area (Å²) in [7, 11) is 4.44. The van der Waals surface area contributed by atoms with Crippen molar-refractivity contribution in [2.75, 3.05) is 27.2 Å². The first kappa shape index (κ1) is 29.4. The molecule has 0 aromatic heterocycles. The summed E-state index contributed by atoms with van der Waals surface area (Å²) in [5, 5.41) is 19.0. The number of hydrogen-bond donors (Lipinski definition) is 2. The van der Waals surface area contributed by atoms with E-state index in [2.05, 4.69) is 21.0 Å². The van der Waals surface area contributed by atoms with Crippen LogP contribution in [0.1, 0.15) is 129 Å². The van der Waals surface area contributed by atoms with Gasteiger partial charge in [-0.2, -0.15) is 0 Å². The topological polar surface area (TPSA) is 57.5 Å². The van der Waals surface area contributed by atoms with Crippen LogP contribution in [0.3, 0.4) is 0 Å². The first-order valence-corrected chi connectivity index (χ1v) is 13.1. The number of aliphatic carboxylic acids is 1. The zero-order valence-corrected chi connectivity index (χ0v) is 20.7. The standard InChI is InChI=1S/C26H53NO3/c1-4-5-6-7-8-9-10-11-12-13-15-18-21-25(28)24-27(2,3)23-20-17-14-16-19-22-26(29)30/h25,28H,4-24H2,1-3H3/p+1. The monoisotopic (exact) mass is 428 g/mol. The molecule has 0 radical (unpaired) electrons. The minimum Gasteiger partial charge on any atom is -0.481 e. The highest BCUT2D eigenvalue weighted by Crippen LogP contribution is 2.14. The Morgan fingerprint density at radius 3 is 1.63 bits per heavy atom. The molecule has 0 amide bonds. The van der Waals surface area contributed by atoms with Crippen molar-refractivity contribution in [2.45, 2.75) is 135 Å². The number of likely N-dealkylation sites (N-methyl/N-ethyl adjacent to an activating group) is 1. The van der Waals surface area contributed by atoms with Crippen molar-refractivity contribution in [3.8, 4) is 0 Å². The molecule has 0 saturated heterocycles. The van der Waals surface area contributed by atoms with E-state index in [0.717, 1.165) is 62.5 Å². The van der Waals surface area contributed by atoms with Crippen LogP contribution in [0.25, 0.3) is 0 Å². The van der Waals surface area contributed by atoms with Crippen LogP contribution in [0.5, 0.6) is 0 Å². The average molecular weight is 429 g/mol. The van der Waals surface area contributed by atoms with Gasteiger partial charge < -0.3 is 14.7 Å². The maximum Gasteiger partial charge on any atom is 0.303 e. The molecule has 1 atom stereocenters. The largest absolute Gasteiger partial charge is 0.481 e. The Morgan fingerprint density at radius 2 is 1.13 bits per heavy atom. The third-order valence-electron chi connectivity index (χ3n) is 6.25. The van der Waals surface area contributed by atoms with E-state index in [0.29, 0.717) is 6.42 Å². The molecule has 0 aromatic rings. The Hall–Kier alpha value is -0.610. The molecule has 0 saturated carbocycles. The molecule has 0 aliphatic heterocycles. The maximum absolute atomic E-state index is 10.5. The lowest BCUT2D eigenvalue weighted by molar-refractivity contribution is -0.893. The van der Waals surface area contributed by atoms with Gasteiger partial charge in [-0.25, -0.2) is 0 Å². The molecule has 30 heavy (non-hydrogen) atoms. The lowest BCUT2D eigenvalue weighted by Crippen LogP contribution is -2.45. The second-order valence-corrected chi connectivity index (χ2v) is 10.1. The number of carboxylic acids is 1. The van der Waals surface area contributed by atoms with Crippen LogP contribution >= 0.6 is 0 Å². The van der Waals surface area contributed by atoms with Gasteiger partial charge >= 0.3 is 5.97 Å². The highest BCUT2D eigenvalue weighted by Gasteiger charge is 2.19. The predicted molar refractivity (Wildman–Crippen MR) is 129 cm³/mol. The van der Waals surface area contributed by atoms with E-state index < -0.39 is 5.97 Å². The van der Waals surface area contributed by atoms with Crippen molar-refractivity contribution in [2.24, 2.45) is 0 Å². The minimum absolute atomic E-state index is 0.182. The summed E-state index contributed by atoms with van der Waals surface area (Å²) in [6, 6.07) is 0. The zero-order chi connectivity index (χ0) is 22.5. The van der Waals surface area contributed by atoms with E-state index in [9.17, 15) is 9.90 Å². The minimum atomic E-state index is -0.685. The van der Waals surface area contributed by atoms with E-state index in [1.165, 1.54) is 70.6 Å². The summed E-state index contributed by atoms with van der Waals surface area (Å²) in [5.74, 6) is -0.685. The molecule has 0 aliphatic rings. The van der Waals surface area contributed by atoms with Crippen LogP contribution in [0.4, 0.5) is 0 Å². The van der Waals surface area contributed by atoms with E-state index in [1.54, 1.807) is 0 Å². The summed E-state index contributed by atoms with van der Waals surface area (Å²) >= 11 is 0. The van der Waals surface area contributed by atoms with Gasteiger partial charge in [-0.1, -0.05) is 96.8 Å². The summed E-state index contributed by atoms with van der Waals surface area (Å²) in [6.45, 7) is 4.21. The fraction of sp³-hybridized carbons (Fsp3) is 0.962. The van der Waals surface area contributed by atoms with Crippen LogP contribution < -0.4 is 0 Å². The molecule has 1 unspecified atom stereocenters. The first-order chi connectivity index (χ1) is 14.4. The molecule has 0 aromatic carbocycles. The number of unbranched alkanes of at least 4 members (excludes halogenated alkanes) is 15. The lowest BCUT2D eigenvalue weighted by atomic mass is 10.0. The van der Waals surface area contributed by atoms with Gasteiger partial charge in [0, 0.05) is 6.42 Å². The molecule has 0 spiro atoms. The highest BCUT2D eigenvalue weighted by atomic mass is 16.4. The number of quaternary nitrogens is 1. The zero-order valence-electron chi connectivity index (χ0n) is 20.7. The second-order valence-electron chi connectivity index (χ2n) is 10.1. The van der Waals surface area contributed by atoms with Gasteiger partial charge in [0.2, 0.25) is 0 Å². The lowest BCUT2D eigenvalue weighted by Gasteiger charge is -2.32. The van der Waals surface area contributed by atoms with Crippen LogP contribution in [0.2, 0.25) is 0 Å². The molecule has 0 fully saturated rings. The van der Waals surface area contributed by atoms with Crippen LogP contribution in [0, 0.1) is 0 Å². The van der Waals surface area contributed by atoms with E-state index in [1.807, 2.05) is 0 Å².